The van der Waals surface area contributed by atoms with Crippen LogP contribution >= 0.6 is 15.9 Å². The van der Waals surface area contributed by atoms with Crippen molar-refractivity contribution in [2.75, 3.05) is 26.2 Å². The van der Waals surface area contributed by atoms with E-state index in [9.17, 15) is 18.0 Å². The Bertz CT molecular complexity index is 1080. The Morgan fingerprint density at radius 3 is 2.36 bits per heavy atom. The van der Waals surface area contributed by atoms with Crippen molar-refractivity contribution in [2.24, 2.45) is 0 Å². The van der Waals surface area contributed by atoms with Crippen molar-refractivity contribution in [3.8, 4) is 11.5 Å². The minimum atomic E-state index is -3.75. The first-order valence-electron chi connectivity index (χ1n) is 8.09. The summed E-state index contributed by atoms with van der Waals surface area (Å²) in [6.45, 7) is 1.40. The lowest BCUT2D eigenvalue weighted by atomic mass is 10.1. The molecule has 0 bridgehead atoms. The smallest absolute Gasteiger partial charge is 0.255 e. The van der Waals surface area contributed by atoms with Crippen LogP contribution in [0.4, 0.5) is 5.69 Å². The van der Waals surface area contributed by atoms with E-state index < -0.39 is 15.9 Å². The van der Waals surface area contributed by atoms with Crippen LogP contribution in [0.15, 0.2) is 39.7 Å². The second-order valence-corrected chi connectivity index (χ2v) is 9.17. The molecule has 1 aliphatic rings. The highest BCUT2D eigenvalue weighted by Gasteiger charge is 2.24. The van der Waals surface area contributed by atoms with Crippen LogP contribution in [0.2, 0.25) is 0 Å². The number of carbonyl (C=O) groups is 2. The van der Waals surface area contributed by atoms with Gasteiger partial charge in [0.15, 0.2) is 17.3 Å². The summed E-state index contributed by atoms with van der Waals surface area (Å²) in [4.78, 5) is 24.6. The Balaban J connectivity index is 1.98. The summed E-state index contributed by atoms with van der Waals surface area (Å²) in [5.74, 6) is 0.00235. The summed E-state index contributed by atoms with van der Waals surface area (Å²) >= 11 is 3.20. The fourth-order valence-corrected chi connectivity index (χ4v) is 4.41. The molecule has 1 aliphatic heterocycles. The van der Waals surface area contributed by atoms with Crippen LogP contribution in [0.3, 0.4) is 0 Å². The Kier molecular flexibility index (Phi) is 5.46. The van der Waals surface area contributed by atoms with Gasteiger partial charge >= 0.3 is 0 Å². The van der Waals surface area contributed by atoms with Gasteiger partial charge in [-0.05, 0) is 47.1 Å². The minimum absolute atomic E-state index is 0.0303. The lowest BCUT2D eigenvalue weighted by Crippen LogP contribution is -2.23. The van der Waals surface area contributed by atoms with Crippen LogP contribution in [0.1, 0.15) is 27.6 Å². The van der Waals surface area contributed by atoms with Crippen molar-refractivity contribution in [1.82, 2.24) is 4.31 Å². The Morgan fingerprint density at radius 1 is 1.11 bits per heavy atom. The van der Waals surface area contributed by atoms with Crippen LogP contribution in [0.5, 0.6) is 11.5 Å². The third kappa shape index (κ3) is 3.75. The van der Waals surface area contributed by atoms with Gasteiger partial charge in [-0.1, -0.05) is 0 Å². The van der Waals surface area contributed by atoms with Gasteiger partial charge in [-0.25, -0.2) is 12.7 Å². The van der Waals surface area contributed by atoms with Crippen molar-refractivity contribution < 1.29 is 27.5 Å². The predicted octanol–water partition coefficient (Wildman–Crippen LogP) is 2.88. The number of rotatable bonds is 5. The SMILES string of the molecule is CC(=O)c1cc2c(cc1NC(=O)c1ccc(Br)c(S(=O)(=O)N(C)C)c1)OCO2. The van der Waals surface area contributed by atoms with Crippen LogP contribution < -0.4 is 14.8 Å². The molecule has 0 unspecified atom stereocenters. The number of sulfonamides is 1. The summed E-state index contributed by atoms with van der Waals surface area (Å²) in [5.41, 5.74) is 0.633. The van der Waals surface area contributed by atoms with E-state index in [4.69, 9.17) is 9.47 Å². The molecule has 28 heavy (non-hydrogen) atoms. The molecule has 3 rings (SSSR count). The molecule has 0 fully saturated rings. The fraction of sp³-hybridized carbons (Fsp3) is 0.222. The molecule has 0 saturated carbocycles. The number of ketones is 1. The van der Waals surface area contributed by atoms with Crippen LogP contribution in [-0.2, 0) is 10.0 Å². The lowest BCUT2D eigenvalue weighted by molar-refractivity contribution is 0.101. The third-order valence-electron chi connectivity index (χ3n) is 4.09. The van der Waals surface area contributed by atoms with E-state index >= 15 is 0 Å². The maximum atomic E-state index is 12.7. The highest BCUT2D eigenvalue weighted by molar-refractivity contribution is 9.10. The molecule has 1 N–H and O–H groups in total. The third-order valence-corrected chi connectivity index (χ3v) is 6.90. The van der Waals surface area contributed by atoms with Crippen molar-refractivity contribution >= 4 is 43.3 Å². The zero-order chi connectivity index (χ0) is 20.6. The van der Waals surface area contributed by atoms with Gasteiger partial charge < -0.3 is 14.8 Å². The molecule has 0 aromatic heterocycles. The average molecular weight is 469 g/mol. The Hall–Kier alpha value is -2.43. The normalized spacial score (nSPS) is 12.9. The van der Waals surface area contributed by atoms with Gasteiger partial charge in [0.2, 0.25) is 16.8 Å². The minimum Gasteiger partial charge on any atom is -0.454 e. The lowest BCUT2D eigenvalue weighted by Gasteiger charge is -2.15. The zero-order valence-corrected chi connectivity index (χ0v) is 17.7. The second kappa shape index (κ2) is 7.53. The standard InChI is InChI=1S/C18H17BrN2O6S/c1-10(22)12-7-15-16(27-9-26-15)8-14(12)20-18(23)11-4-5-13(19)17(6-11)28(24,25)21(2)3/h4-8H,9H2,1-3H3,(H,20,23). The van der Waals surface area contributed by atoms with E-state index in [-0.39, 0.29) is 34.3 Å². The number of nitrogens with zero attached hydrogens (tertiary/aromatic N) is 1. The molecule has 148 valence electrons. The quantitative estimate of drug-likeness (QED) is 0.676. The first-order valence-corrected chi connectivity index (χ1v) is 10.3. The first kappa shape index (κ1) is 20.3. The van der Waals surface area contributed by atoms with E-state index in [1.807, 2.05) is 0 Å². The van der Waals surface area contributed by atoms with E-state index in [1.54, 1.807) is 0 Å². The number of anilines is 1. The summed E-state index contributed by atoms with van der Waals surface area (Å²) in [5, 5.41) is 2.65. The van der Waals surface area contributed by atoms with E-state index in [0.717, 1.165) is 4.31 Å². The number of benzene rings is 2. The molecule has 0 spiro atoms. The largest absolute Gasteiger partial charge is 0.454 e. The van der Waals surface area contributed by atoms with Crippen LogP contribution in [0, 0.1) is 0 Å². The predicted molar refractivity (Wildman–Crippen MR) is 106 cm³/mol. The molecule has 0 saturated heterocycles. The summed E-state index contributed by atoms with van der Waals surface area (Å²) in [6, 6.07) is 7.25. The summed E-state index contributed by atoms with van der Waals surface area (Å²) in [6.07, 6.45) is 0. The molecule has 8 nitrogen and oxygen atoms in total. The van der Waals surface area contributed by atoms with Crippen LogP contribution in [-0.4, -0.2) is 45.3 Å². The summed E-state index contributed by atoms with van der Waals surface area (Å²) in [7, 11) is -0.944. The van der Waals surface area contributed by atoms with Crippen molar-refractivity contribution in [3.63, 3.8) is 0 Å². The van der Waals surface area contributed by atoms with Gasteiger partial charge in [0.05, 0.1) is 10.6 Å². The average Bonchev–Trinajstić information content (AvgIpc) is 3.08. The number of hydrogen-bond donors (Lipinski definition) is 1. The van der Waals surface area contributed by atoms with E-state index in [2.05, 4.69) is 21.2 Å². The van der Waals surface area contributed by atoms with Gasteiger partial charge in [-0.15, -0.1) is 0 Å². The number of halogens is 1. The highest BCUT2D eigenvalue weighted by Crippen LogP contribution is 2.37. The Morgan fingerprint density at radius 2 is 1.75 bits per heavy atom. The molecule has 0 aliphatic carbocycles. The fourth-order valence-electron chi connectivity index (χ4n) is 2.57. The van der Waals surface area contributed by atoms with Crippen molar-refractivity contribution in [3.05, 3.63) is 45.9 Å². The molecule has 1 heterocycles. The van der Waals surface area contributed by atoms with Crippen LogP contribution in [0.25, 0.3) is 0 Å². The van der Waals surface area contributed by atoms with Gasteiger partial charge in [-0.2, -0.15) is 0 Å². The zero-order valence-electron chi connectivity index (χ0n) is 15.3. The number of carbonyl (C=O) groups excluding carboxylic acids is 2. The maximum absolute atomic E-state index is 12.7. The van der Waals surface area contributed by atoms with Gasteiger partial charge in [0.1, 0.15) is 0 Å². The molecule has 2 aromatic rings. The first-order chi connectivity index (χ1) is 13.1. The van der Waals surface area contributed by atoms with E-state index in [0.29, 0.717) is 16.0 Å². The topological polar surface area (TPSA) is 102 Å². The number of fused-ring (bicyclic) bond motifs is 1. The van der Waals surface area contributed by atoms with Crippen molar-refractivity contribution in [1.29, 1.82) is 0 Å². The highest BCUT2D eigenvalue weighted by atomic mass is 79.9. The molecule has 0 radical (unpaired) electrons. The molecule has 2 aromatic carbocycles. The number of Topliss-reactive ketones (excluding diaryl/α,β-unsaturated/α-hetero) is 1. The van der Waals surface area contributed by atoms with Gasteiger partial charge in [0, 0.05) is 35.8 Å². The van der Waals surface area contributed by atoms with Crippen molar-refractivity contribution in [2.45, 2.75) is 11.8 Å². The number of ether oxygens (including phenoxy) is 2. The second-order valence-electron chi connectivity index (χ2n) is 6.19. The molecule has 10 heteroatoms. The number of hydrogen-bond acceptors (Lipinski definition) is 6. The molecule has 1 amide bonds. The maximum Gasteiger partial charge on any atom is 0.255 e. The molecular formula is C18H17BrN2O6S. The number of amides is 1. The van der Waals surface area contributed by atoms with Gasteiger partial charge in [0.25, 0.3) is 5.91 Å². The Labute approximate surface area is 170 Å². The van der Waals surface area contributed by atoms with Gasteiger partial charge in [-0.3, -0.25) is 9.59 Å². The number of nitrogens with one attached hydrogen (secondary N) is 1. The monoisotopic (exact) mass is 468 g/mol. The molecular weight excluding hydrogens is 452 g/mol. The summed E-state index contributed by atoms with van der Waals surface area (Å²) < 4.78 is 36.8. The molecule has 0 atom stereocenters. The van der Waals surface area contributed by atoms with E-state index in [1.165, 1.54) is 51.4 Å².